The van der Waals surface area contributed by atoms with Gasteiger partial charge >= 0.3 is 0 Å². The van der Waals surface area contributed by atoms with Crippen molar-refractivity contribution in [3.63, 3.8) is 0 Å². The van der Waals surface area contributed by atoms with Crippen LogP contribution >= 0.6 is 0 Å². The van der Waals surface area contributed by atoms with E-state index in [9.17, 15) is 8.42 Å². The van der Waals surface area contributed by atoms with Gasteiger partial charge in [-0.1, -0.05) is 6.07 Å². The first-order chi connectivity index (χ1) is 6.07. The van der Waals surface area contributed by atoms with E-state index in [1.807, 2.05) is 0 Å². The maximum atomic E-state index is 10.7. The summed E-state index contributed by atoms with van der Waals surface area (Å²) in [6, 6.07) is 4.41. The summed E-state index contributed by atoms with van der Waals surface area (Å²) >= 11 is 0. The highest BCUT2D eigenvalue weighted by atomic mass is 32.2. The van der Waals surface area contributed by atoms with Crippen molar-refractivity contribution in [1.82, 2.24) is 0 Å². The van der Waals surface area contributed by atoms with Gasteiger partial charge in [-0.15, -0.1) is 0 Å². The zero-order chi connectivity index (χ0) is 9.47. The van der Waals surface area contributed by atoms with Gasteiger partial charge in [0.05, 0.1) is 10.6 Å². The zero-order valence-corrected chi connectivity index (χ0v) is 7.45. The second-order valence-electron chi connectivity index (χ2n) is 2.78. The molecule has 1 aliphatic heterocycles. The molecule has 0 unspecified atom stereocenters. The molecule has 1 aromatic carbocycles. The van der Waals surface area contributed by atoms with Crippen LogP contribution in [0.25, 0.3) is 0 Å². The highest BCUT2D eigenvalue weighted by Crippen LogP contribution is 2.26. The van der Waals surface area contributed by atoms with Crippen molar-refractivity contribution in [2.75, 3.05) is 0 Å². The lowest BCUT2D eigenvalue weighted by Crippen LogP contribution is -1.97. The number of hydrogen-bond donors (Lipinski definition) is 1. The lowest BCUT2D eigenvalue weighted by atomic mass is 10.2. The molecule has 0 saturated carbocycles. The van der Waals surface area contributed by atoms with E-state index in [1.165, 1.54) is 12.1 Å². The molecule has 0 bridgehead atoms. The molecular weight excluding hydrogens is 190 g/mol. The van der Waals surface area contributed by atoms with Gasteiger partial charge in [-0.05, 0) is 17.7 Å². The van der Waals surface area contributed by atoms with E-state index >= 15 is 0 Å². The highest BCUT2D eigenvalue weighted by Gasteiger charge is 2.13. The van der Waals surface area contributed by atoms with Crippen LogP contribution in [-0.2, 0) is 16.5 Å². The Morgan fingerprint density at radius 2 is 2.15 bits per heavy atom. The summed E-state index contributed by atoms with van der Waals surface area (Å²) in [6.07, 6.45) is 2.43. The third kappa shape index (κ3) is 1.48. The van der Waals surface area contributed by atoms with Gasteiger partial charge in [0.1, 0.15) is 0 Å². The van der Waals surface area contributed by atoms with Crippen molar-refractivity contribution in [2.24, 2.45) is 4.99 Å². The third-order valence-corrected chi connectivity index (χ3v) is 2.75. The first kappa shape index (κ1) is 8.40. The Kier molecular flexibility index (Phi) is 1.71. The van der Waals surface area contributed by atoms with Crippen molar-refractivity contribution in [2.45, 2.75) is 11.3 Å². The van der Waals surface area contributed by atoms with Gasteiger partial charge in [0.25, 0.3) is 10.1 Å². The zero-order valence-electron chi connectivity index (χ0n) is 6.64. The van der Waals surface area contributed by atoms with Crippen LogP contribution in [0.15, 0.2) is 28.1 Å². The molecule has 0 atom stereocenters. The summed E-state index contributed by atoms with van der Waals surface area (Å²) < 4.78 is 30.2. The van der Waals surface area contributed by atoms with Gasteiger partial charge in [0, 0.05) is 12.6 Å². The minimum atomic E-state index is -4.10. The first-order valence-electron chi connectivity index (χ1n) is 3.70. The molecule has 0 saturated heterocycles. The van der Waals surface area contributed by atoms with Crippen LogP contribution in [0.1, 0.15) is 5.56 Å². The molecule has 5 heteroatoms. The fourth-order valence-electron chi connectivity index (χ4n) is 1.24. The quantitative estimate of drug-likeness (QED) is 0.687. The van der Waals surface area contributed by atoms with Gasteiger partial charge in [-0.3, -0.25) is 9.55 Å². The Labute approximate surface area is 75.7 Å². The lowest BCUT2D eigenvalue weighted by molar-refractivity contribution is 0.483. The van der Waals surface area contributed by atoms with Gasteiger partial charge in [-0.25, -0.2) is 0 Å². The summed E-state index contributed by atoms with van der Waals surface area (Å²) in [4.78, 5) is 3.87. The average Bonchev–Trinajstić information content (AvgIpc) is 2.47. The molecule has 13 heavy (non-hydrogen) atoms. The predicted molar refractivity (Wildman–Crippen MR) is 48.1 cm³/mol. The molecule has 1 heterocycles. The van der Waals surface area contributed by atoms with E-state index in [0.717, 1.165) is 12.0 Å². The third-order valence-electron chi connectivity index (χ3n) is 1.90. The van der Waals surface area contributed by atoms with Gasteiger partial charge in [0.2, 0.25) is 0 Å². The fraction of sp³-hybridized carbons (Fsp3) is 0.125. The molecule has 0 amide bonds. The standard InChI is InChI=1S/C8H7NO3S/c10-13(11,12)7-2-1-6-3-4-9-8(6)5-7/h1-2,4-5H,3H2,(H,10,11,12). The number of benzene rings is 1. The van der Waals surface area contributed by atoms with Crippen LogP contribution in [0.5, 0.6) is 0 Å². The average molecular weight is 197 g/mol. The molecule has 0 spiro atoms. The number of nitrogens with zero attached hydrogens (tertiary/aromatic N) is 1. The molecule has 68 valence electrons. The van der Waals surface area contributed by atoms with Gasteiger partial charge in [0.15, 0.2) is 0 Å². The van der Waals surface area contributed by atoms with Crippen LogP contribution in [0.4, 0.5) is 5.69 Å². The normalized spacial score (nSPS) is 14.5. The van der Waals surface area contributed by atoms with Crippen LogP contribution in [0.3, 0.4) is 0 Å². The van der Waals surface area contributed by atoms with E-state index in [-0.39, 0.29) is 4.90 Å². The van der Waals surface area contributed by atoms with E-state index in [0.29, 0.717) is 5.69 Å². The molecule has 2 rings (SSSR count). The second-order valence-corrected chi connectivity index (χ2v) is 4.20. The Bertz CT molecular complexity index is 476. The number of rotatable bonds is 1. The number of aliphatic imine (C=N–C) groups is 1. The SMILES string of the molecule is O=S(=O)(O)c1ccc2c(c1)N=CC2. The van der Waals surface area contributed by atoms with Crippen molar-refractivity contribution >= 4 is 22.0 Å². The first-order valence-corrected chi connectivity index (χ1v) is 5.14. The molecule has 1 aromatic rings. The minimum Gasteiger partial charge on any atom is -0.282 e. The predicted octanol–water partition coefficient (Wildman–Crippen LogP) is 1.19. The molecule has 0 aliphatic carbocycles. The molecular formula is C8H7NO3S. The maximum absolute atomic E-state index is 10.7. The van der Waals surface area contributed by atoms with Crippen LogP contribution in [0.2, 0.25) is 0 Å². The molecule has 0 aromatic heterocycles. The Morgan fingerprint density at radius 3 is 2.85 bits per heavy atom. The minimum absolute atomic E-state index is 0.106. The highest BCUT2D eigenvalue weighted by molar-refractivity contribution is 7.85. The van der Waals surface area contributed by atoms with Crippen molar-refractivity contribution < 1.29 is 13.0 Å². The maximum Gasteiger partial charge on any atom is 0.294 e. The summed E-state index contributed by atoms with van der Waals surface area (Å²) in [6.45, 7) is 0. The van der Waals surface area contributed by atoms with E-state index in [4.69, 9.17) is 4.55 Å². The largest absolute Gasteiger partial charge is 0.294 e. The fourth-order valence-corrected chi connectivity index (χ4v) is 1.74. The molecule has 0 fully saturated rings. The second kappa shape index (κ2) is 2.65. The van der Waals surface area contributed by atoms with Gasteiger partial charge < -0.3 is 0 Å². The summed E-state index contributed by atoms with van der Waals surface area (Å²) in [7, 11) is -4.10. The van der Waals surface area contributed by atoms with Crippen molar-refractivity contribution in [3.8, 4) is 0 Å². The molecule has 4 nitrogen and oxygen atoms in total. The Morgan fingerprint density at radius 1 is 1.38 bits per heavy atom. The van der Waals surface area contributed by atoms with Crippen LogP contribution < -0.4 is 0 Å². The summed E-state index contributed by atoms with van der Waals surface area (Å²) in [5.74, 6) is 0. The Hall–Kier alpha value is -1.20. The van der Waals surface area contributed by atoms with Gasteiger partial charge in [-0.2, -0.15) is 8.42 Å². The van der Waals surface area contributed by atoms with E-state index < -0.39 is 10.1 Å². The molecule has 1 aliphatic rings. The summed E-state index contributed by atoms with van der Waals surface area (Å²) in [5.41, 5.74) is 1.60. The Balaban J connectivity index is 2.59. The smallest absolute Gasteiger partial charge is 0.282 e. The van der Waals surface area contributed by atoms with Crippen LogP contribution in [0, 0.1) is 0 Å². The van der Waals surface area contributed by atoms with E-state index in [1.54, 1.807) is 12.3 Å². The lowest BCUT2D eigenvalue weighted by Gasteiger charge is -1.99. The number of hydrogen-bond acceptors (Lipinski definition) is 3. The topological polar surface area (TPSA) is 66.7 Å². The number of fused-ring (bicyclic) bond motifs is 1. The van der Waals surface area contributed by atoms with E-state index in [2.05, 4.69) is 4.99 Å². The van der Waals surface area contributed by atoms with Crippen molar-refractivity contribution in [3.05, 3.63) is 23.8 Å². The van der Waals surface area contributed by atoms with Crippen molar-refractivity contribution in [1.29, 1.82) is 0 Å². The monoisotopic (exact) mass is 197 g/mol. The molecule has 1 N–H and O–H groups in total. The molecule has 0 radical (unpaired) electrons. The summed E-state index contributed by atoms with van der Waals surface area (Å²) in [5, 5.41) is 0. The van der Waals surface area contributed by atoms with Crippen LogP contribution in [-0.4, -0.2) is 19.2 Å².